The molecule has 0 aromatic rings. The predicted octanol–water partition coefficient (Wildman–Crippen LogP) is 2.71. The number of nitrogens with zero attached hydrogens (tertiary/aromatic N) is 2. The van der Waals surface area contributed by atoms with Crippen LogP contribution in [0.25, 0.3) is 0 Å². The third-order valence-electron chi connectivity index (χ3n) is 5.34. The number of hydrogen-bond acceptors (Lipinski definition) is 3. The lowest BCUT2D eigenvalue weighted by molar-refractivity contribution is -0.127. The highest BCUT2D eigenvalue weighted by Gasteiger charge is 2.41. The first-order chi connectivity index (χ1) is 10.7. The minimum atomic E-state index is -1.81. The Labute approximate surface area is 142 Å². The highest BCUT2D eigenvalue weighted by atomic mass is 28.4. The molecule has 0 aliphatic carbocycles. The summed E-state index contributed by atoms with van der Waals surface area (Å²) >= 11 is 0. The zero-order valence-corrected chi connectivity index (χ0v) is 16.4. The Bertz CT molecular complexity index is 481. The second kappa shape index (κ2) is 7.37. The molecule has 2 saturated heterocycles. The molecule has 0 bridgehead atoms. The molecule has 4 nitrogen and oxygen atoms in total. The number of amides is 1. The van der Waals surface area contributed by atoms with Gasteiger partial charge in [-0.3, -0.25) is 9.69 Å². The molecule has 0 N–H and O–H groups in total. The topological polar surface area (TPSA) is 32.8 Å². The average Bonchev–Trinajstić information content (AvgIpc) is 3.03. The normalized spacial score (nSPS) is 23.3. The van der Waals surface area contributed by atoms with Crippen molar-refractivity contribution in [2.75, 3.05) is 32.7 Å². The molecule has 23 heavy (non-hydrogen) atoms. The molecule has 1 amide bonds. The largest absolute Gasteiger partial charge is 0.412 e. The van der Waals surface area contributed by atoms with Crippen molar-refractivity contribution in [2.45, 2.75) is 64.3 Å². The molecule has 1 atom stereocenters. The maximum atomic E-state index is 12.2. The lowest BCUT2D eigenvalue weighted by atomic mass is 10.2. The first-order valence-electron chi connectivity index (χ1n) is 8.83. The van der Waals surface area contributed by atoms with Crippen molar-refractivity contribution >= 4 is 14.2 Å². The van der Waals surface area contributed by atoms with Gasteiger partial charge in [-0.1, -0.05) is 32.6 Å². The number of likely N-dealkylation sites (tertiary alicyclic amines) is 2. The molecule has 2 heterocycles. The summed E-state index contributed by atoms with van der Waals surface area (Å²) in [7, 11) is -1.81. The van der Waals surface area contributed by atoms with Crippen LogP contribution in [-0.4, -0.2) is 62.9 Å². The van der Waals surface area contributed by atoms with Gasteiger partial charge in [0.25, 0.3) is 0 Å². The molecule has 130 valence electrons. The molecule has 0 unspecified atom stereocenters. The van der Waals surface area contributed by atoms with E-state index in [4.69, 9.17) is 4.43 Å². The van der Waals surface area contributed by atoms with Gasteiger partial charge in [0.15, 0.2) is 8.32 Å². The Morgan fingerprint density at radius 3 is 2.39 bits per heavy atom. The van der Waals surface area contributed by atoms with E-state index in [2.05, 4.69) is 50.6 Å². The molecule has 2 aliphatic heterocycles. The molecular weight excluding hydrogens is 304 g/mol. The summed E-state index contributed by atoms with van der Waals surface area (Å²) in [6.07, 6.45) is 3.14. The van der Waals surface area contributed by atoms with Crippen molar-refractivity contribution < 1.29 is 9.22 Å². The maximum absolute atomic E-state index is 12.2. The second-order valence-corrected chi connectivity index (χ2v) is 13.1. The monoisotopic (exact) mass is 336 g/mol. The summed E-state index contributed by atoms with van der Waals surface area (Å²) in [5, 5.41) is 0.180. The molecule has 5 heteroatoms. The Morgan fingerprint density at radius 1 is 1.17 bits per heavy atom. The smallest absolute Gasteiger partial charge is 0.226 e. The van der Waals surface area contributed by atoms with Gasteiger partial charge in [-0.05, 0) is 44.1 Å². The highest BCUT2D eigenvalue weighted by Crippen LogP contribution is 2.38. The molecule has 2 aliphatic rings. The number of rotatable bonds is 4. The van der Waals surface area contributed by atoms with Crippen LogP contribution >= 0.6 is 0 Å². The Balaban J connectivity index is 1.79. The van der Waals surface area contributed by atoms with E-state index in [1.54, 1.807) is 0 Å². The quantitative estimate of drug-likeness (QED) is 0.584. The summed E-state index contributed by atoms with van der Waals surface area (Å²) < 4.78 is 6.37. The van der Waals surface area contributed by atoms with Gasteiger partial charge in [-0.25, -0.2) is 0 Å². The average molecular weight is 337 g/mol. The summed E-state index contributed by atoms with van der Waals surface area (Å²) in [5.41, 5.74) is 0. The summed E-state index contributed by atoms with van der Waals surface area (Å²) in [6.45, 7) is 15.6. The van der Waals surface area contributed by atoms with Crippen LogP contribution in [0.15, 0.2) is 0 Å². The molecule has 2 fully saturated rings. The van der Waals surface area contributed by atoms with Gasteiger partial charge >= 0.3 is 0 Å². The zero-order valence-electron chi connectivity index (χ0n) is 15.4. The molecule has 0 saturated carbocycles. The van der Waals surface area contributed by atoms with E-state index >= 15 is 0 Å². The van der Waals surface area contributed by atoms with Gasteiger partial charge in [0, 0.05) is 6.54 Å². The van der Waals surface area contributed by atoms with Gasteiger partial charge in [-0.2, -0.15) is 0 Å². The van der Waals surface area contributed by atoms with E-state index in [1.807, 2.05) is 4.90 Å². The van der Waals surface area contributed by atoms with E-state index in [0.29, 0.717) is 19.5 Å². The third kappa shape index (κ3) is 5.07. The van der Waals surface area contributed by atoms with Crippen LogP contribution in [0.4, 0.5) is 0 Å². The van der Waals surface area contributed by atoms with Crippen LogP contribution in [0.5, 0.6) is 0 Å². The Morgan fingerprint density at radius 2 is 1.78 bits per heavy atom. The molecule has 0 aromatic heterocycles. The fourth-order valence-electron chi connectivity index (χ4n) is 2.82. The SMILES string of the molecule is CC(C)(C)[Si](C)(C)O[C@H]1CC(=O)N(CC#CCN2CCCC2)C1. The zero-order chi connectivity index (χ0) is 17.1. The lowest BCUT2D eigenvalue weighted by Gasteiger charge is -2.38. The van der Waals surface area contributed by atoms with Gasteiger partial charge < -0.3 is 9.33 Å². The molecule has 0 spiro atoms. The van der Waals surface area contributed by atoms with Gasteiger partial charge in [0.2, 0.25) is 5.91 Å². The van der Waals surface area contributed by atoms with Crippen LogP contribution < -0.4 is 0 Å². The van der Waals surface area contributed by atoms with E-state index in [-0.39, 0.29) is 17.0 Å². The van der Waals surface area contributed by atoms with E-state index in [9.17, 15) is 4.79 Å². The first-order valence-corrected chi connectivity index (χ1v) is 11.7. The van der Waals surface area contributed by atoms with E-state index in [0.717, 1.165) is 6.54 Å². The van der Waals surface area contributed by atoms with Gasteiger partial charge in [0.1, 0.15) is 0 Å². The summed E-state index contributed by atoms with van der Waals surface area (Å²) in [6, 6.07) is 0. The van der Waals surface area contributed by atoms with Crippen molar-refractivity contribution in [2.24, 2.45) is 0 Å². The fourth-order valence-corrected chi connectivity index (χ4v) is 4.17. The Kier molecular flexibility index (Phi) is 5.93. The maximum Gasteiger partial charge on any atom is 0.226 e. The van der Waals surface area contributed by atoms with Crippen molar-refractivity contribution in [3.8, 4) is 11.8 Å². The van der Waals surface area contributed by atoms with Crippen LogP contribution in [0.1, 0.15) is 40.0 Å². The molecule has 0 aromatic carbocycles. The van der Waals surface area contributed by atoms with Crippen LogP contribution in [0.2, 0.25) is 18.1 Å². The minimum Gasteiger partial charge on any atom is -0.412 e. The van der Waals surface area contributed by atoms with Crippen molar-refractivity contribution in [3.05, 3.63) is 0 Å². The van der Waals surface area contributed by atoms with Crippen LogP contribution in [0, 0.1) is 11.8 Å². The predicted molar refractivity (Wildman–Crippen MR) is 96.7 cm³/mol. The molecule has 0 radical (unpaired) electrons. The summed E-state index contributed by atoms with van der Waals surface area (Å²) in [5.74, 6) is 6.56. The molecule has 2 rings (SSSR count). The molecular formula is C18H32N2O2Si. The van der Waals surface area contributed by atoms with Crippen molar-refractivity contribution in [1.29, 1.82) is 0 Å². The highest BCUT2D eigenvalue weighted by molar-refractivity contribution is 6.74. The standard InChI is InChI=1S/C18H32N2O2Si/c1-18(2,3)23(4,5)22-16-14-17(21)20(15-16)13-9-8-12-19-10-6-7-11-19/h16H,6-7,10-15H2,1-5H3/t16-/m0/s1. The van der Waals surface area contributed by atoms with Gasteiger partial charge in [0.05, 0.1) is 25.6 Å². The second-order valence-electron chi connectivity index (χ2n) is 8.32. The lowest BCUT2D eigenvalue weighted by Crippen LogP contribution is -2.44. The number of hydrogen-bond donors (Lipinski definition) is 0. The summed E-state index contributed by atoms with van der Waals surface area (Å²) in [4.78, 5) is 16.4. The van der Waals surface area contributed by atoms with E-state index < -0.39 is 8.32 Å². The third-order valence-corrected chi connectivity index (χ3v) is 9.88. The van der Waals surface area contributed by atoms with Crippen molar-refractivity contribution in [3.63, 3.8) is 0 Å². The van der Waals surface area contributed by atoms with Crippen LogP contribution in [0.3, 0.4) is 0 Å². The Hall–Kier alpha value is -0.833. The number of carbonyl (C=O) groups is 1. The van der Waals surface area contributed by atoms with E-state index in [1.165, 1.54) is 25.9 Å². The van der Waals surface area contributed by atoms with Crippen molar-refractivity contribution in [1.82, 2.24) is 9.80 Å². The first kappa shape index (κ1) is 18.5. The fraction of sp³-hybridized carbons (Fsp3) is 0.833. The minimum absolute atomic E-state index is 0.0452. The van der Waals surface area contributed by atoms with Gasteiger partial charge in [-0.15, -0.1) is 0 Å². The number of carbonyl (C=O) groups excluding carboxylic acids is 1. The van der Waals surface area contributed by atoms with Crippen LogP contribution in [-0.2, 0) is 9.22 Å².